The first-order valence-corrected chi connectivity index (χ1v) is 10.6. The van der Waals surface area contributed by atoms with Gasteiger partial charge in [0.25, 0.3) is 0 Å². The van der Waals surface area contributed by atoms with Crippen LogP contribution >= 0.6 is 0 Å². The fraction of sp³-hybridized carbons (Fsp3) is 0.560. The second-order valence-electron chi connectivity index (χ2n) is 6.65. The molecular formula is C25H40O2. The maximum atomic E-state index is 11.5. The molecule has 0 aromatic carbocycles. The average Bonchev–Trinajstić information content (AvgIpc) is 2.67. The minimum Gasteiger partial charge on any atom is -0.466 e. The molecule has 27 heavy (non-hydrogen) atoms. The lowest BCUT2D eigenvalue weighted by Crippen LogP contribution is -2.14. The molecule has 2 nitrogen and oxygen atoms in total. The molecule has 0 fully saturated rings. The molecule has 0 radical (unpaired) electrons. The Morgan fingerprint density at radius 2 is 1.22 bits per heavy atom. The highest BCUT2D eigenvalue weighted by molar-refractivity contribution is 5.71. The Hall–Kier alpha value is -1.83. The minimum atomic E-state index is -0.0626. The number of carbonyl (C=O) groups excluding carboxylic acids is 1. The Morgan fingerprint density at radius 3 is 1.70 bits per heavy atom. The van der Waals surface area contributed by atoms with Gasteiger partial charge in [0.05, 0.1) is 12.5 Å². The van der Waals surface area contributed by atoms with Crippen molar-refractivity contribution in [2.24, 2.45) is 5.92 Å². The molecule has 0 saturated carbocycles. The minimum absolute atomic E-state index is 0.0262. The predicted molar refractivity (Wildman–Crippen MR) is 119 cm³/mol. The predicted octanol–water partition coefficient (Wildman–Crippen LogP) is 7.50. The van der Waals surface area contributed by atoms with Crippen molar-refractivity contribution in [2.45, 2.75) is 78.6 Å². The van der Waals surface area contributed by atoms with Crippen molar-refractivity contribution in [3.63, 3.8) is 0 Å². The summed E-state index contributed by atoms with van der Waals surface area (Å²) in [5.41, 5.74) is 0. The summed E-state index contributed by atoms with van der Waals surface area (Å²) in [7, 11) is 0. The molecule has 1 unspecified atom stereocenters. The zero-order valence-corrected chi connectivity index (χ0v) is 17.7. The largest absolute Gasteiger partial charge is 0.466 e. The van der Waals surface area contributed by atoms with E-state index in [9.17, 15) is 4.79 Å². The summed E-state index contributed by atoms with van der Waals surface area (Å²) in [5, 5.41) is 0. The summed E-state index contributed by atoms with van der Waals surface area (Å²) < 4.78 is 5.02. The van der Waals surface area contributed by atoms with Gasteiger partial charge in [-0.1, -0.05) is 81.0 Å². The molecule has 0 aromatic rings. The number of allylic oxidation sites excluding steroid dienone is 10. The van der Waals surface area contributed by atoms with Crippen molar-refractivity contribution in [3.8, 4) is 0 Å². The molecule has 152 valence electrons. The fourth-order valence-corrected chi connectivity index (χ4v) is 2.48. The lowest BCUT2D eigenvalue weighted by Gasteiger charge is -2.09. The highest BCUT2D eigenvalue weighted by atomic mass is 16.5. The van der Waals surface area contributed by atoms with Crippen LogP contribution in [0.2, 0.25) is 0 Å². The molecule has 0 heterocycles. The van der Waals surface area contributed by atoms with Crippen LogP contribution in [0.1, 0.15) is 78.6 Å². The standard InChI is InChI=1S/C25H40O2/c1-4-6-7-8-9-10-11-12-13-14-15-16-17-18-19-20-21-22-23-24(3)25(26)27-5-2/h6-7,9-10,12-13,15-16,18-19,24H,4-5,8,11,14,17,20-23H2,1-3H3/b7-6-,10-9-,13-12-,16-15-,19-18-. The van der Waals surface area contributed by atoms with Crippen LogP contribution in [0, 0.1) is 5.92 Å². The molecule has 0 aliphatic carbocycles. The summed E-state index contributed by atoms with van der Waals surface area (Å²) in [6, 6.07) is 0. The van der Waals surface area contributed by atoms with Crippen molar-refractivity contribution in [2.75, 3.05) is 6.61 Å². The SMILES string of the molecule is CC/C=C\C/C=C\C/C=C\C/C=C\C/C=C\CCCCC(C)C(=O)OCC. The van der Waals surface area contributed by atoms with Gasteiger partial charge in [-0.05, 0) is 58.3 Å². The van der Waals surface area contributed by atoms with E-state index >= 15 is 0 Å². The molecule has 0 aliphatic rings. The molecule has 0 N–H and O–H groups in total. The Labute approximate surface area is 167 Å². The number of carbonyl (C=O) groups is 1. The second kappa shape index (κ2) is 20.5. The van der Waals surface area contributed by atoms with Crippen molar-refractivity contribution < 1.29 is 9.53 Å². The molecule has 0 aliphatic heterocycles. The van der Waals surface area contributed by atoms with Crippen LogP contribution < -0.4 is 0 Å². The second-order valence-corrected chi connectivity index (χ2v) is 6.65. The Balaban J connectivity index is 3.54. The van der Waals surface area contributed by atoms with E-state index in [0.29, 0.717) is 6.61 Å². The van der Waals surface area contributed by atoms with Gasteiger partial charge in [0.15, 0.2) is 0 Å². The third kappa shape index (κ3) is 18.8. The Bertz CT molecular complexity index is 481. The van der Waals surface area contributed by atoms with E-state index in [1.165, 1.54) is 0 Å². The van der Waals surface area contributed by atoms with E-state index in [1.54, 1.807) is 0 Å². The number of hydrogen-bond acceptors (Lipinski definition) is 2. The average molecular weight is 373 g/mol. The van der Waals surface area contributed by atoms with E-state index < -0.39 is 0 Å². The molecule has 0 spiro atoms. The van der Waals surface area contributed by atoms with Gasteiger partial charge in [0, 0.05) is 0 Å². The summed E-state index contributed by atoms with van der Waals surface area (Å²) in [6.07, 6.45) is 31.6. The number of esters is 1. The number of hydrogen-bond donors (Lipinski definition) is 0. The van der Waals surface area contributed by atoms with E-state index in [4.69, 9.17) is 4.74 Å². The molecule has 2 heteroatoms. The molecule has 0 bridgehead atoms. The van der Waals surface area contributed by atoms with Crippen LogP contribution in [0.3, 0.4) is 0 Å². The van der Waals surface area contributed by atoms with Crippen LogP contribution in [0.5, 0.6) is 0 Å². The summed E-state index contributed by atoms with van der Waals surface area (Å²) in [5.74, 6) is -0.0364. The first-order chi connectivity index (χ1) is 13.2. The third-order valence-corrected chi connectivity index (χ3v) is 4.10. The van der Waals surface area contributed by atoms with Crippen molar-refractivity contribution in [3.05, 3.63) is 60.8 Å². The lowest BCUT2D eigenvalue weighted by molar-refractivity contribution is -0.147. The zero-order valence-electron chi connectivity index (χ0n) is 17.7. The van der Waals surface area contributed by atoms with Gasteiger partial charge in [-0.25, -0.2) is 0 Å². The molecule has 0 amide bonds. The summed E-state index contributed by atoms with van der Waals surface area (Å²) in [4.78, 5) is 11.5. The van der Waals surface area contributed by atoms with Gasteiger partial charge in [0.2, 0.25) is 0 Å². The molecule has 1 atom stereocenters. The van der Waals surface area contributed by atoms with Crippen molar-refractivity contribution in [1.82, 2.24) is 0 Å². The van der Waals surface area contributed by atoms with Crippen molar-refractivity contribution in [1.29, 1.82) is 0 Å². The monoisotopic (exact) mass is 372 g/mol. The first-order valence-electron chi connectivity index (χ1n) is 10.6. The van der Waals surface area contributed by atoms with Gasteiger partial charge in [-0.3, -0.25) is 4.79 Å². The van der Waals surface area contributed by atoms with E-state index in [1.807, 2.05) is 13.8 Å². The third-order valence-electron chi connectivity index (χ3n) is 4.10. The Morgan fingerprint density at radius 1 is 0.741 bits per heavy atom. The topological polar surface area (TPSA) is 26.3 Å². The maximum absolute atomic E-state index is 11.5. The van der Waals surface area contributed by atoms with Gasteiger partial charge in [-0.15, -0.1) is 0 Å². The first kappa shape index (κ1) is 25.2. The van der Waals surface area contributed by atoms with E-state index in [0.717, 1.165) is 57.8 Å². The Kier molecular flexibility index (Phi) is 19.1. The number of unbranched alkanes of at least 4 members (excludes halogenated alkanes) is 2. The smallest absolute Gasteiger partial charge is 0.308 e. The van der Waals surface area contributed by atoms with Gasteiger partial charge >= 0.3 is 5.97 Å². The molecular weight excluding hydrogens is 332 g/mol. The summed E-state index contributed by atoms with van der Waals surface area (Å²) >= 11 is 0. The fourth-order valence-electron chi connectivity index (χ4n) is 2.48. The van der Waals surface area contributed by atoms with Crippen molar-refractivity contribution >= 4 is 5.97 Å². The van der Waals surface area contributed by atoms with Gasteiger partial charge in [0.1, 0.15) is 0 Å². The van der Waals surface area contributed by atoms with Crippen LogP contribution in [0.25, 0.3) is 0 Å². The lowest BCUT2D eigenvalue weighted by atomic mass is 10.0. The number of ether oxygens (including phenoxy) is 1. The van der Waals surface area contributed by atoms with E-state index in [-0.39, 0.29) is 11.9 Å². The van der Waals surface area contributed by atoms with Gasteiger partial charge in [-0.2, -0.15) is 0 Å². The highest BCUT2D eigenvalue weighted by Gasteiger charge is 2.12. The summed E-state index contributed by atoms with van der Waals surface area (Å²) in [6.45, 7) is 6.44. The van der Waals surface area contributed by atoms with Crippen LogP contribution in [0.4, 0.5) is 0 Å². The normalized spacial score (nSPS) is 13.7. The molecule has 0 saturated heterocycles. The van der Waals surface area contributed by atoms with Crippen LogP contribution in [-0.2, 0) is 9.53 Å². The quantitative estimate of drug-likeness (QED) is 0.159. The highest BCUT2D eigenvalue weighted by Crippen LogP contribution is 2.11. The molecule has 0 rings (SSSR count). The van der Waals surface area contributed by atoms with E-state index in [2.05, 4.69) is 67.7 Å². The van der Waals surface area contributed by atoms with Crippen LogP contribution in [-0.4, -0.2) is 12.6 Å². The zero-order chi connectivity index (χ0) is 20.0. The van der Waals surface area contributed by atoms with Crippen LogP contribution in [0.15, 0.2) is 60.8 Å². The maximum Gasteiger partial charge on any atom is 0.308 e. The number of rotatable bonds is 16. The molecule has 0 aromatic heterocycles. The van der Waals surface area contributed by atoms with Gasteiger partial charge < -0.3 is 4.74 Å².